The van der Waals surface area contributed by atoms with Crippen molar-refractivity contribution in [2.24, 2.45) is 33.0 Å². The quantitative estimate of drug-likeness (QED) is 0.0431. The van der Waals surface area contributed by atoms with Gasteiger partial charge in [-0.25, -0.2) is 19.4 Å². The molecule has 146 heavy (non-hydrogen) atoms. The van der Waals surface area contributed by atoms with E-state index in [9.17, 15) is 91.1 Å². The Bertz CT molecular complexity index is 5910. The number of rotatable bonds is 30. The molecule has 7 rings (SSSR count). The lowest BCUT2D eigenvalue weighted by Crippen LogP contribution is -2.41. The Balaban J connectivity index is 0.000000900. The predicted molar refractivity (Wildman–Crippen MR) is 565 cm³/mol. The molecule has 0 bridgehead atoms. The van der Waals surface area contributed by atoms with Crippen LogP contribution in [0.4, 0.5) is 24.0 Å². The molecular formula is C108H149Cl4N9O24S. The number of hydrogen-bond donors (Lipinski definition) is 1. The summed E-state index contributed by atoms with van der Waals surface area (Å²) in [5, 5.41) is 17.6. The number of hydrogen-bond acceptors (Lipinski definition) is 26. The van der Waals surface area contributed by atoms with E-state index < -0.39 is 66.3 Å². The minimum atomic E-state index is -0.982. The van der Waals surface area contributed by atoms with Crippen molar-refractivity contribution in [3.63, 3.8) is 0 Å². The van der Waals surface area contributed by atoms with Crippen LogP contribution in [-0.2, 0) is 81.4 Å². The molecule has 1 N–H and O–H groups in total. The number of thiazole rings is 1. The third kappa shape index (κ3) is 37.3. The molecule has 2 aromatic rings. The van der Waals surface area contributed by atoms with Crippen LogP contribution in [-0.4, -0.2) is 267 Å². The largest absolute Gasteiger partial charge is 0.481 e. The number of amides is 7. The Morgan fingerprint density at radius 1 is 0.384 bits per heavy atom. The summed E-state index contributed by atoms with van der Waals surface area (Å²) in [5.74, 6) is -2.39. The number of carboxylic acids is 1. The standard InChI is InChI=1S/C27H30N4O5S.C23H36N2O5.C19H27ClN2O4.C19H29NO3.C14H18O4.C5H9ClO2.CCl2O/c1-15-16(2)25(34)23(17(3)24(15)33)27(4,5)13-22(32)30(6)10-11-31(7)26(35)36-18-8-9-19-20(12-18)37-21(14-28)29-19;1-14-15(2)20(28)18(16(3)19(14)27)23(7,8)13-17(26)24(9)11-12-25(10)21(29)30-22(4,5)6;1-11-12(2)17(25)15(13(3)16(11)24)19(4,5)10-14(23)21(6)8-9-22(7)18(20)26;1-8-9-10-20(7)15(21)11-19(5,6)16-14(4)17(22)12(2)13(3)18(16)23;1-7-8(2)13(18)11(9(3)12(7)17)14(4,5)6-10(15)16;1-4(2)3-8-5(6)7;2-1(3)4/h8-9,12H,10-11,13H2,1-7H3;11-13H2,1-10H3;8-10H2,1-7H3;8-11H2,1-7H3;6H2,1-5H3,(H,15,16);4H,3H2,1-2H3;. The van der Waals surface area contributed by atoms with E-state index in [1.807, 2.05) is 47.6 Å². The van der Waals surface area contributed by atoms with Gasteiger partial charge >= 0.3 is 33.7 Å². The molecule has 0 saturated carbocycles. The number of likely N-dealkylation sites (N-methyl/N-ethyl adjacent to an activating group) is 6. The maximum atomic E-state index is 13.0. The number of ether oxygens (including phenoxy) is 3. The van der Waals surface area contributed by atoms with Gasteiger partial charge in [-0.2, -0.15) is 5.26 Å². The van der Waals surface area contributed by atoms with Crippen LogP contribution in [0.3, 0.4) is 0 Å². The van der Waals surface area contributed by atoms with Gasteiger partial charge in [0.15, 0.2) is 62.8 Å². The van der Waals surface area contributed by atoms with Crippen LogP contribution in [0.25, 0.3) is 10.2 Å². The van der Waals surface area contributed by atoms with E-state index in [0.717, 1.165) is 17.5 Å². The van der Waals surface area contributed by atoms with E-state index in [2.05, 4.69) is 39.8 Å². The van der Waals surface area contributed by atoms with Crippen molar-refractivity contribution < 1.29 is 115 Å². The lowest BCUT2D eigenvalue weighted by molar-refractivity contribution is -0.139. The number of unbranched alkanes of at least 4 members (excludes halogenated alkanes) is 1. The number of carbonyl (C=O) groups is 20. The summed E-state index contributed by atoms with van der Waals surface area (Å²) in [7, 11) is 11.5. The molecule has 0 fully saturated rings. The van der Waals surface area contributed by atoms with Crippen LogP contribution in [0.2, 0.25) is 0 Å². The molecule has 1 aromatic carbocycles. The van der Waals surface area contributed by atoms with Crippen LogP contribution in [0.5, 0.6) is 5.75 Å². The number of carbonyl (C=O) groups excluding carboxylic acids is 19. The molecule has 0 atom stereocenters. The predicted octanol–water partition coefficient (Wildman–Crippen LogP) is 20.1. The van der Waals surface area contributed by atoms with E-state index in [0.29, 0.717) is 173 Å². The van der Waals surface area contributed by atoms with Gasteiger partial charge in [0.05, 0.1) is 23.2 Å². The minimum absolute atomic E-state index is 0.00734. The number of nitrogens with zero attached hydrogens (tertiary/aromatic N) is 9. The number of ketones is 10. The van der Waals surface area contributed by atoms with Gasteiger partial charge in [0.25, 0.3) is 0 Å². The number of allylic oxidation sites excluding steroid dienone is 20. The molecule has 0 saturated heterocycles. The second-order valence-corrected chi connectivity index (χ2v) is 44.2. The first kappa shape index (κ1) is 132. The fourth-order valence-electron chi connectivity index (χ4n) is 16.2. The summed E-state index contributed by atoms with van der Waals surface area (Å²) in [6, 6.07) is 6.95. The summed E-state index contributed by atoms with van der Waals surface area (Å²) >= 11 is 20.3. The summed E-state index contributed by atoms with van der Waals surface area (Å²) in [4.78, 5) is 256. The minimum Gasteiger partial charge on any atom is -0.481 e. The van der Waals surface area contributed by atoms with Crippen LogP contribution in [0.15, 0.2) is 130 Å². The zero-order valence-corrected chi connectivity index (χ0v) is 96.0. The monoisotopic (exact) mass is 2130 g/mol. The van der Waals surface area contributed by atoms with Crippen LogP contribution in [0.1, 0.15) is 265 Å². The fraction of sp³-hybridized carbons (Fsp3) is 0.556. The smallest absolute Gasteiger partial charge is 0.415 e. The van der Waals surface area contributed by atoms with Crippen molar-refractivity contribution in [2.75, 3.05) is 102 Å². The first-order valence-electron chi connectivity index (χ1n) is 47.4. The summed E-state index contributed by atoms with van der Waals surface area (Å²) in [5.41, 5.74) is 4.04. The van der Waals surface area contributed by atoms with Gasteiger partial charge in [-0.3, -0.25) is 81.5 Å². The van der Waals surface area contributed by atoms with Crippen molar-refractivity contribution in [2.45, 2.75) is 265 Å². The molecule has 33 nitrogen and oxygen atoms in total. The third-order valence-electron chi connectivity index (χ3n) is 25.7. The van der Waals surface area contributed by atoms with Gasteiger partial charge in [0, 0.05) is 277 Å². The number of benzene rings is 1. The van der Waals surface area contributed by atoms with Crippen LogP contribution >= 0.6 is 57.7 Å². The Morgan fingerprint density at radius 3 is 0.877 bits per heavy atom. The molecular weight excluding hydrogens is 1980 g/mol. The molecule has 804 valence electrons. The molecule has 1 aromatic heterocycles. The van der Waals surface area contributed by atoms with Gasteiger partial charge in [-0.15, -0.1) is 11.3 Å². The van der Waals surface area contributed by atoms with E-state index >= 15 is 0 Å². The highest BCUT2D eigenvalue weighted by Gasteiger charge is 2.45. The highest BCUT2D eigenvalue weighted by molar-refractivity contribution is 7.19. The zero-order valence-electron chi connectivity index (χ0n) is 92.2. The number of nitriles is 1. The number of carboxylic acid groups (broad SMARTS) is 1. The molecule has 0 aliphatic heterocycles. The highest BCUT2D eigenvalue weighted by atomic mass is 35.5. The maximum absolute atomic E-state index is 13.0. The highest BCUT2D eigenvalue weighted by Crippen LogP contribution is 2.45. The van der Waals surface area contributed by atoms with E-state index in [-0.39, 0.29) is 127 Å². The topological polar surface area (TPSA) is 449 Å². The third-order valence-corrected chi connectivity index (χ3v) is 27.0. The summed E-state index contributed by atoms with van der Waals surface area (Å²) in [6.07, 6.45) is 1.21. The lowest BCUT2D eigenvalue weighted by Gasteiger charge is -2.33. The van der Waals surface area contributed by atoms with Crippen molar-refractivity contribution in [1.82, 2.24) is 39.3 Å². The van der Waals surface area contributed by atoms with Crippen molar-refractivity contribution in [3.05, 3.63) is 135 Å². The number of aliphatic carboxylic acids is 1. The molecule has 0 unspecified atom stereocenters. The Kier molecular flexibility index (Phi) is 50.7. The molecule has 1 heterocycles. The molecule has 5 aliphatic carbocycles. The number of fused-ring (bicyclic) bond motifs is 1. The van der Waals surface area contributed by atoms with Crippen LogP contribution in [0, 0.1) is 44.3 Å². The maximum Gasteiger partial charge on any atom is 0.415 e. The second kappa shape index (κ2) is 55.9. The lowest BCUT2D eigenvalue weighted by atomic mass is 9.71. The first-order valence-corrected chi connectivity index (χ1v) is 49.7. The van der Waals surface area contributed by atoms with Gasteiger partial charge in [-0.1, -0.05) is 96.4 Å². The normalized spacial score (nSPS) is 15.0. The van der Waals surface area contributed by atoms with Crippen molar-refractivity contribution in [1.29, 1.82) is 5.26 Å². The second-order valence-electron chi connectivity index (χ2n) is 41.6. The number of Topliss-reactive ketones (excluding diaryl/α,β-unsaturated/α-hetero) is 10. The molecule has 0 spiro atoms. The Morgan fingerprint density at radius 2 is 0.637 bits per heavy atom. The van der Waals surface area contributed by atoms with Gasteiger partial charge in [0.2, 0.25) is 23.6 Å². The number of halogens is 4. The Hall–Kier alpha value is -11.6. The van der Waals surface area contributed by atoms with Crippen molar-refractivity contribution in [3.8, 4) is 11.8 Å². The van der Waals surface area contributed by atoms with E-state index in [1.54, 1.807) is 239 Å². The SMILES string of the molecule is CC(C)COC(=O)Cl.CC1=C(C)C(=O)C(C(C)(C)CC(=O)N(C)CCN(C)C(=O)Cl)=C(C)C1=O.CC1=C(C)C(=O)C(C(C)(C)CC(=O)N(C)CCN(C)C(=O)OC(C)(C)C)=C(C)C1=O.CC1=C(C)C(=O)C(C(C)(C)CC(=O)N(C)CCN(C)C(=O)Oc2ccc3nc(C#N)sc3c2)=C(C)C1=O.CC1=C(C)C(=O)C(C(C)(C)CC(=O)O)=C(C)C1=O.CCCCN(C)C(=O)CC(C)(C)C1=C(C)C(=O)C(C)=C(C)C1=O.O=C(Cl)Cl. The summed E-state index contributed by atoms with van der Waals surface area (Å²) in [6.45, 7) is 56.8. The molecule has 0 radical (unpaired) electrons. The fourth-order valence-corrected chi connectivity index (χ4v) is 17.2. The van der Waals surface area contributed by atoms with Crippen molar-refractivity contribution >= 4 is 183 Å². The number of aromatic nitrogens is 1. The first-order chi connectivity index (χ1) is 66.6. The molecule has 5 aliphatic rings. The molecule has 38 heteroatoms. The average Bonchev–Trinajstić information content (AvgIpc) is 0.827. The van der Waals surface area contributed by atoms with Gasteiger partial charge in [-0.05, 0) is 184 Å². The molecule has 7 amide bonds. The Labute approximate surface area is 883 Å². The average molecular weight is 2130 g/mol. The zero-order chi connectivity index (χ0) is 114. The summed E-state index contributed by atoms with van der Waals surface area (Å²) < 4.78 is 15.0. The van der Waals surface area contributed by atoms with Gasteiger partial charge in [0.1, 0.15) is 17.4 Å². The van der Waals surface area contributed by atoms with Gasteiger partial charge < -0.3 is 53.6 Å². The van der Waals surface area contributed by atoms with Crippen LogP contribution < -0.4 is 4.74 Å². The van der Waals surface area contributed by atoms with E-state index in [1.165, 1.54) is 40.7 Å². The van der Waals surface area contributed by atoms with E-state index in [4.69, 9.17) is 47.8 Å².